The van der Waals surface area contributed by atoms with E-state index < -0.39 is 11.8 Å². The minimum atomic E-state index is -0.629. The van der Waals surface area contributed by atoms with Crippen molar-refractivity contribution in [1.29, 1.82) is 5.41 Å². The third kappa shape index (κ3) is 2.04. The van der Waals surface area contributed by atoms with Gasteiger partial charge in [-0.25, -0.2) is 0 Å². The molecule has 0 bridgehead atoms. The van der Waals surface area contributed by atoms with Gasteiger partial charge in [-0.3, -0.25) is 20.3 Å². The van der Waals surface area contributed by atoms with E-state index in [2.05, 4.69) is 5.32 Å². The van der Waals surface area contributed by atoms with Crippen LogP contribution in [0.1, 0.15) is 34.0 Å². The van der Waals surface area contributed by atoms with E-state index >= 15 is 0 Å². The van der Waals surface area contributed by atoms with Gasteiger partial charge in [-0.05, 0) is 25.5 Å². The lowest BCUT2D eigenvalue weighted by Crippen LogP contribution is -2.41. The monoisotopic (exact) mass is 260 g/mol. The topological polar surface area (TPSA) is 70.0 Å². The first-order valence-electron chi connectivity index (χ1n) is 5.43. The van der Waals surface area contributed by atoms with Gasteiger partial charge in [0.05, 0.1) is 10.4 Å². The van der Waals surface area contributed by atoms with Crippen molar-refractivity contribution >= 4 is 34.4 Å². The molecule has 1 aliphatic heterocycles. The molecule has 0 spiro atoms. The van der Waals surface area contributed by atoms with Crippen LogP contribution in [0, 0.1) is 5.41 Å². The Morgan fingerprint density at radius 2 is 2.11 bits per heavy atom. The summed E-state index contributed by atoms with van der Waals surface area (Å²) in [5, 5.41) is 9.82. The summed E-state index contributed by atoms with van der Waals surface area (Å²) in [5.74, 6) is -1.05. The Morgan fingerprint density at radius 1 is 1.39 bits per heavy atom. The number of thiophene rings is 1. The quantitative estimate of drug-likeness (QED) is 0.633. The second kappa shape index (κ2) is 4.70. The van der Waals surface area contributed by atoms with Crippen LogP contribution in [0.4, 0.5) is 0 Å². The van der Waals surface area contributed by atoms with Crippen LogP contribution >= 0.6 is 11.3 Å². The van der Waals surface area contributed by atoms with Crippen molar-refractivity contribution in [1.82, 2.24) is 5.32 Å². The summed E-state index contributed by atoms with van der Waals surface area (Å²) in [6, 6.07) is 1.73. The highest BCUT2D eigenvalue weighted by molar-refractivity contribution is 7.16. The van der Waals surface area contributed by atoms with E-state index in [-0.39, 0.29) is 5.71 Å². The van der Waals surface area contributed by atoms with E-state index in [1.165, 1.54) is 11.3 Å². The van der Waals surface area contributed by atoms with Gasteiger partial charge in [0.1, 0.15) is 5.71 Å². The van der Waals surface area contributed by atoms with Crippen LogP contribution in [0.3, 0.4) is 0 Å². The minimum absolute atomic E-state index is 0.139. The molecule has 1 aliphatic rings. The van der Waals surface area contributed by atoms with Crippen LogP contribution in [0.5, 0.6) is 0 Å². The van der Waals surface area contributed by atoms with Crippen LogP contribution in [0.2, 0.25) is 0 Å². The molecule has 0 aromatic carbocycles. The molecule has 0 unspecified atom stereocenters. The van der Waals surface area contributed by atoms with Crippen molar-refractivity contribution in [2.24, 2.45) is 0 Å². The predicted octanol–water partition coefficient (Wildman–Crippen LogP) is 2.37. The summed E-state index contributed by atoms with van der Waals surface area (Å²) >= 11 is 1.30. The largest absolute Gasteiger partial charge is 0.294 e. The van der Waals surface area contributed by atoms with E-state index in [1.807, 2.05) is 32.1 Å². The van der Waals surface area contributed by atoms with Gasteiger partial charge in [0, 0.05) is 4.88 Å². The third-order valence-electron chi connectivity index (χ3n) is 2.59. The van der Waals surface area contributed by atoms with Crippen molar-refractivity contribution in [2.75, 3.05) is 0 Å². The highest BCUT2D eigenvalue weighted by Crippen LogP contribution is 2.30. The Kier molecular flexibility index (Phi) is 3.25. The smallest absolute Gasteiger partial charge is 0.277 e. The van der Waals surface area contributed by atoms with E-state index in [0.717, 1.165) is 10.5 Å². The first-order valence-corrected chi connectivity index (χ1v) is 6.24. The van der Waals surface area contributed by atoms with Gasteiger partial charge in [-0.15, -0.1) is 11.3 Å². The van der Waals surface area contributed by atoms with E-state index in [9.17, 15) is 9.59 Å². The van der Waals surface area contributed by atoms with Gasteiger partial charge in [0.15, 0.2) is 0 Å². The number of carbonyl (C=O) groups is 2. The molecular formula is C13H12N2O2S. The Morgan fingerprint density at radius 3 is 2.78 bits per heavy atom. The lowest BCUT2D eigenvalue weighted by molar-refractivity contribution is -0.114. The fourth-order valence-corrected chi connectivity index (χ4v) is 2.68. The van der Waals surface area contributed by atoms with Crippen molar-refractivity contribution in [3.63, 3.8) is 0 Å². The van der Waals surface area contributed by atoms with E-state index in [0.29, 0.717) is 10.4 Å². The zero-order valence-electron chi connectivity index (χ0n) is 10.0. The molecule has 1 aromatic heterocycles. The summed E-state index contributed by atoms with van der Waals surface area (Å²) in [5.41, 5.74) is 1.27. The summed E-state index contributed by atoms with van der Waals surface area (Å²) < 4.78 is 0. The number of hydrogen-bond acceptors (Lipinski definition) is 4. The first kappa shape index (κ1) is 12.4. The second-order valence-electron chi connectivity index (χ2n) is 3.89. The Labute approximate surface area is 109 Å². The predicted molar refractivity (Wildman–Crippen MR) is 72.1 cm³/mol. The molecule has 0 radical (unpaired) electrons. The lowest BCUT2D eigenvalue weighted by Gasteiger charge is -2.10. The summed E-state index contributed by atoms with van der Waals surface area (Å²) in [6.07, 6.45) is 5.75. The SMILES string of the molecule is C/C=C\C=C(/C)c1cc2c(s1)C(=N)C(=O)NC2=O. The molecule has 2 amide bonds. The van der Waals surface area contributed by atoms with E-state index in [4.69, 9.17) is 5.41 Å². The fourth-order valence-electron chi connectivity index (χ4n) is 1.60. The van der Waals surface area contributed by atoms with Crippen LogP contribution in [-0.4, -0.2) is 17.5 Å². The average molecular weight is 260 g/mol. The maximum absolute atomic E-state index is 11.6. The van der Waals surface area contributed by atoms with Crippen molar-refractivity contribution in [2.45, 2.75) is 13.8 Å². The Bertz CT molecular complexity index is 609. The molecule has 1 aromatic rings. The van der Waals surface area contributed by atoms with Gasteiger partial charge >= 0.3 is 0 Å². The Balaban J connectivity index is 2.48. The average Bonchev–Trinajstić information content (AvgIpc) is 2.79. The first-order chi connectivity index (χ1) is 8.54. The number of imide groups is 1. The van der Waals surface area contributed by atoms with Crippen molar-refractivity contribution in [3.05, 3.63) is 39.6 Å². The minimum Gasteiger partial charge on any atom is -0.294 e. The number of rotatable bonds is 2. The van der Waals surface area contributed by atoms with E-state index in [1.54, 1.807) is 6.07 Å². The van der Waals surface area contributed by atoms with Gasteiger partial charge < -0.3 is 0 Å². The maximum Gasteiger partial charge on any atom is 0.277 e. The van der Waals surface area contributed by atoms with Gasteiger partial charge in [0.25, 0.3) is 11.8 Å². The van der Waals surface area contributed by atoms with Gasteiger partial charge in [0.2, 0.25) is 0 Å². The van der Waals surface area contributed by atoms with Gasteiger partial charge in [-0.1, -0.05) is 18.2 Å². The highest BCUT2D eigenvalue weighted by atomic mass is 32.1. The van der Waals surface area contributed by atoms with Crippen LogP contribution in [-0.2, 0) is 4.79 Å². The molecule has 2 rings (SSSR count). The number of fused-ring (bicyclic) bond motifs is 1. The maximum atomic E-state index is 11.6. The molecule has 0 saturated carbocycles. The molecule has 0 atom stereocenters. The molecule has 92 valence electrons. The summed E-state index contributed by atoms with van der Waals surface area (Å²) in [7, 11) is 0. The number of carbonyl (C=O) groups excluding carboxylic acids is 2. The second-order valence-corrected chi connectivity index (χ2v) is 4.94. The van der Waals surface area contributed by atoms with Gasteiger partial charge in [-0.2, -0.15) is 0 Å². The highest BCUT2D eigenvalue weighted by Gasteiger charge is 2.30. The molecular weight excluding hydrogens is 248 g/mol. The number of hydrogen-bond donors (Lipinski definition) is 2. The van der Waals surface area contributed by atoms with Crippen LogP contribution < -0.4 is 5.32 Å². The standard InChI is InChI=1S/C13H12N2O2S/c1-3-4-5-7(2)9-6-8-11(18-9)10(14)13(17)15-12(8)16/h3-6,14H,1-2H3,(H,15,16,17)/b4-3-,7-5+,14-10?. The zero-order chi connectivity index (χ0) is 13.3. The fraction of sp³-hybridized carbons (Fsp3) is 0.154. The molecule has 2 N–H and O–H groups in total. The number of allylic oxidation sites excluding steroid dienone is 4. The molecule has 5 heteroatoms. The molecule has 0 aliphatic carbocycles. The summed E-state index contributed by atoms with van der Waals surface area (Å²) in [6.45, 7) is 3.85. The van der Waals surface area contributed by atoms with Crippen LogP contribution in [0.15, 0.2) is 24.3 Å². The molecule has 18 heavy (non-hydrogen) atoms. The summed E-state index contributed by atoms with van der Waals surface area (Å²) in [4.78, 5) is 24.3. The molecule has 4 nitrogen and oxygen atoms in total. The Hall–Kier alpha value is -2.01. The zero-order valence-corrected chi connectivity index (χ0v) is 10.9. The van der Waals surface area contributed by atoms with Crippen molar-refractivity contribution in [3.8, 4) is 0 Å². The number of amides is 2. The lowest BCUT2D eigenvalue weighted by atomic mass is 10.1. The molecule has 0 fully saturated rings. The van der Waals surface area contributed by atoms with Crippen molar-refractivity contribution < 1.29 is 9.59 Å². The molecule has 2 heterocycles. The molecule has 0 saturated heterocycles. The normalized spacial score (nSPS) is 16.1. The third-order valence-corrected chi connectivity index (χ3v) is 3.87. The number of nitrogens with one attached hydrogen (secondary N) is 2. The van der Waals surface area contributed by atoms with Crippen LogP contribution in [0.25, 0.3) is 5.57 Å².